The second-order valence-electron chi connectivity index (χ2n) is 9.55. The third-order valence-corrected chi connectivity index (χ3v) is 7.50. The van der Waals surface area contributed by atoms with Gasteiger partial charge in [0.15, 0.2) is 0 Å². The van der Waals surface area contributed by atoms with E-state index in [1.165, 1.54) is 4.31 Å². The number of hydrogen-bond acceptors (Lipinski definition) is 4. The van der Waals surface area contributed by atoms with Gasteiger partial charge in [-0.05, 0) is 49.3 Å². The van der Waals surface area contributed by atoms with Crippen LogP contribution in [0.25, 0.3) is 0 Å². The highest BCUT2D eigenvalue weighted by atomic mass is 32.2. The zero-order valence-electron chi connectivity index (χ0n) is 22.4. The molecule has 2 rings (SSSR count). The summed E-state index contributed by atoms with van der Waals surface area (Å²) in [6.07, 6.45) is 2.86. The van der Waals surface area contributed by atoms with Crippen molar-refractivity contribution < 1.29 is 18.0 Å². The largest absolute Gasteiger partial charge is 0.352 e. The maximum absolute atomic E-state index is 13.8. The summed E-state index contributed by atoms with van der Waals surface area (Å²) in [5.41, 5.74) is 2.37. The van der Waals surface area contributed by atoms with Crippen LogP contribution in [0.15, 0.2) is 54.6 Å². The van der Waals surface area contributed by atoms with Crippen molar-refractivity contribution in [3.8, 4) is 0 Å². The fourth-order valence-electron chi connectivity index (χ4n) is 4.13. The molecule has 0 aromatic heterocycles. The summed E-state index contributed by atoms with van der Waals surface area (Å²) in [6, 6.07) is 16.3. The summed E-state index contributed by atoms with van der Waals surface area (Å²) in [5.74, 6) is -0.553. The lowest BCUT2D eigenvalue weighted by Gasteiger charge is -2.34. The molecule has 0 fully saturated rings. The average Bonchev–Trinajstić information content (AvgIpc) is 2.84. The normalized spacial score (nSPS) is 13.2. The van der Waals surface area contributed by atoms with Crippen LogP contribution < -0.4 is 9.62 Å². The lowest BCUT2D eigenvalue weighted by atomic mass is 10.0. The van der Waals surface area contributed by atoms with Crippen LogP contribution in [-0.4, -0.2) is 56.6 Å². The topological polar surface area (TPSA) is 86.8 Å². The van der Waals surface area contributed by atoms with Gasteiger partial charge in [0.25, 0.3) is 0 Å². The van der Waals surface area contributed by atoms with Crippen molar-refractivity contribution in [2.45, 2.75) is 71.9 Å². The van der Waals surface area contributed by atoms with E-state index < -0.39 is 22.0 Å². The molecule has 7 nitrogen and oxygen atoms in total. The Labute approximate surface area is 216 Å². The van der Waals surface area contributed by atoms with Crippen LogP contribution in [0.5, 0.6) is 0 Å². The first kappa shape index (κ1) is 29.4. The van der Waals surface area contributed by atoms with Crippen LogP contribution in [0.1, 0.15) is 64.5 Å². The van der Waals surface area contributed by atoms with Gasteiger partial charge < -0.3 is 10.2 Å². The van der Waals surface area contributed by atoms with Gasteiger partial charge in [-0.1, -0.05) is 76.2 Å². The molecule has 0 heterocycles. The minimum absolute atomic E-state index is 0.0249. The Kier molecular flexibility index (Phi) is 11.0. The lowest BCUT2D eigenvalue weighted by molar-refractivity contribution is -0.139. The summed E-state index contributed by atoms with van der Waals surface area (Å²) in [4.78, 5) is 28.5. The third-order valence-electron chi connectivity index (χ3n) is 6.38. The van der Waals surface area contributed by atoms with Gasteiger partial charge in [0.2, 0.25) is 21.8 Å². The Morgan fingerprint density at radius 2 is 1.53 bits per heavy atom. The third kappa shape index (κ3) is 8.08. The minimum Gasteiger partial charge on any atom is -0.352 e. The van der Waals surface area contributed by atoms with Crippen molar-refractivity contribution in [2.75, 3.05) is 23.7 Å². The number of anilines is 1. The number of hydrogen-bond donors (Lipinski definition) is 1. The van der Waals surface area contributed by atoms with Crippen molar-refractivity contribution in [2.24, 2.45) is 0 Å². The predicted octanol–water partition coefficient (Wildman–Crippen LogP) is 4.34. The fraction of sp³-hybridized carbons (Fsp3) is 0.500. The van der Waals surface area contributed by atoms with E-state index >= 15 is 0 Å². The number of nitrogens with one attached hydrogen (secondary N) is 1. The van der Waals surface area contributed by atoms with Gasteiger partial charge in [-0.25, -0.2) is 8.42 Å². The highest BCUT2D eigenvalue weighted by Crippen LogP contribution is 2.29. The van der Waals surface area contributed by atoms with E-state index in [0.29, 0.717) is 25.1 Å². The molecule has 0 aliphatic rings. The highest BCUT2D eigenvalue weighted by Gasteiger charge is 2.32. The zero-order valence-corrected chi connectivity index (χ0v) is 23.2. The summed E-state index contributed by atoms with van der Waals surface area (Å²) in [6.45, 7) is 9.68. The number of carbonyl (C=O) groups is 2. The van der Waals surface area contributed by atoms with Gasteiger partial charge in [-0.3, -0.25) is 13.9 Å². The smallest absolute Gasteiger partial charge is 0.244 e. The first-order chi connectivity index (χ1) is 17.0. The van der Waals surface area contributed by atoms with Gasteiger partial charge in [0.05, 0.1) is 11.9 Å². The van der Waals surface area contributed by atoms with Gasteiger partial charge in [0, 0.05) is 12.6 Å². The molecule has 0 saturated heterocycles. The monoisotopic (exact) mass is 515 g/mol. The lowest BCUT2D eigenvalue weighted by Crippen LogP contribution is -2.54. The second-order valence-corrected chi connectivity index (χ2v) is 11.5. The minimum atomic E-state index is -3.76. The van der Waals surface area contributed by atoms with Crippen LogP contribution >= 0.6 is 0 Å². The summed E-state index contributed by atoms with van der Waals surface area (Å²) < 4.78 is 26.9. The number of para-hydroxylation sites is 1. The van der Waals surface area contributed by atoms with Gasteiger partial charge >= 0.3 is 0 Å². The maximum atomic E-state index is 13.8. The van der Waals surface area contributed by atoms with E-state index in [-0.39, 0.29) is 24.4 Å². The molecule has 2 atom stereocenters. The summed E-state index contributed by atoms with van der Waals surface area (Å²) in [5, 5.41) is 2.99. The van der Waals surface area contributed by atoms with E-state index in [9.17, 15) is 18.0 Å². The van der Waals surface area contributed by atoms with Crippen molar-refractivity contribution >= 4 is 27.5 Å². The Balaban J connectivity index is 2.43. The number of nitrogens with zero attached hydrogens (tertiary/aromatic N) is 2. The quantitative estimate of drug-likeness (QED) is 0.430. The van der Waals surface area contributed by atoms with Crippen molar-refractivity contribution in [3.63, 3.8) is 0 Å². The summed E-state index contributed by atoms with van der Waals surface area (Å²) in [7, 11) is -3.76. The van der Waals surface area contributed by atoms with Crippen molar-refractivity contribution in [1.82, 2.24) is 10.2 Å². The van der Waals surface area contributed by atoms with E-state index in [4.69, 9.17) is 0 Å². The molecule has 2 aromatic carbocycles. The Hall–Kier alpha value is -2.87. The number of carbonyl (C=O) groups excluding carboxylic acids is 2. The molecular weight excluding hydrogens is 474 g/mol. The number of rotatable bonds is 13. The molecule has 2 aromatic rings. The van der Waals surface area contributed by atoms with Crippen LogP contribution in [0.2, 0.25) is 0 Å². The summed E-state index contributed by atoms with van der Waals surface area (Å²) >= 11 is 0. The van der Waals surface area contributed by atoms with E-state index in [1.54, 1.807) is 17.0 Å². The molecule has 0 unspecified atom stereocenters. The molecule has 0 bridgehead atoms. The van der Waals surface area contributed by atoms with Crippen LogP contribution in [0.3, 0.4) is 0 Å². The fourth-order valence-corrected chi connectivity index (χ4v) is 5.00. The molecule has 1 N–H and O–H groups in total. The first-order valence-corrected chi connectivity index (χ1v) is 14.5. The molecule has 0 spiro atoms. The zero-order chi connectivity index (χ0) is 26.9. The molecule has 36 heavy (non-hydrogen) atoms. The van der Waals surface area contributed by atoms with Gasteiger partial charge in [-0.2, -0.15) is 0 Å². The SMILES string of the molecule is CC[C@@H](C)NC(=O)[C@@H](CC)N(CCc1ccccc1)C(=O)CN(c1ccccc1C(C)C)S(C)(=O)=O. The van der Waals surface area contributed by atoms with Gasteiger partial charge in [0.1, 0.15) is 12.6 Å². The van der Waals surface area contributed by atoms with Crippen LogP contribution in [0.4, 0.5) is 5.69 Å². The first-order valence-electron chi connectivity index (χ1n) is 12.7. The second kappa shape index (κ2) is 13.4. The van der Waals surface area contributed by atoms with E-state index in [0.717, 1.165) is 23.8 Å². The average molecular weight is 516 g/mol. The van der Waals surface area contributed by atoms with Gasteiger partial charge in [-0.15, -0.1) is 0 Å². The molecule has 0 aliphatic carbocycles. The number of amides is 2. The molecule has 0 aliphatic heterocycles. The molecule has 8 heteroatoms. The standard InChI is InChI=1S/C28H41N3O4S/c1-7-22(5)29-28(33)25(8-2)30(19-18-23-14-10-9-11-15-23)27(32)20-31(36(6,34)35)26-17-13-12-16-24(26)21(3)4/h9-17,21-22,25H,7-8,18-20H2,1-6H3,(H,29,33)/t22-,25-/m1/s1. The molecular formula is C28H41N3O4S. The Bertz CT molecular complexity index is 1100. The molecule has 0 radical (unpaired) electrons. The van der Waals surface area contributed by atoms with Crippen LogP contribution in [-0.2, 0) is 26.0 Å². The number of benzene rings is 2. The number of sulfonamides is 1. The van der Waals surface area contributed by atoms with E-state index in [1.807, 2.05) is 77.1 Å². The maximum Gasteiger partial charge on any atom is 0.244 e. The molecule has 198 valence electrons. The van der Waals surface area contributed by atoms with E-state index in [2.05, 4.69) is 5.32 Å². The predicted molar refractivity (Wildman–Crippen MR) is 147 cm³/mol. The Morgan fingerprint density at radius 3 is 2.08 bits per heavy atom. The molecule has 2 amide bonds. The van der Waals surface area contributed by atoms with Crippen molar-refractivity contribution in [3.05, 3.63) is 65.7 Å². The highest BCUT2D eigenvalue weighted by molar-refractivity contribution is 7.92. The van der Waals surface area contributed by atoms with Crippen LogP contribution in [0, 0.1) is 0 Å². The Morgan fingerprint density at radius 1 is 0.917 bits per heavy atom. The van der Waals surface area contributed by atoms with Crippen molar-refractivity contribution in [1.29, 1.82) is 0 Å². The molecule has 0 saturated carbocycles.